The molecule has 24 heavy (non-hydrogen) atoms. The van der Waals surface area contributed by atoms with Crippen LogP contribution in [0.15, 0.2) is 30.3 Å². The minimum atomic E-state index is 0.361. The van der Waals surface area contributed by atoms with Crippen LogP contribution in [0.3, 0.4) is 0 Å². The molecule has 0 saturated carbocycles. The van der Waals surface area contributed by atoms with Crippen LogP contribution >= 0.6 is 11.6 Å². The van der Waals surface area contributed by atoms with Crippen molar-refractivity contribution in [2.45, 2.75) is 13.8 Å². The fraction of sp³-hybridized carbons (Fsp3) is 0.353. The number of aryl methyl sites for hydroxylation is 2. The Morgan fingerprint density at radius 2 is 1.54 bits per heavy atom. The summed E-state index contributed by atoms with van der Waals surface area (Å²) in [5.41, 5.74) is 3.51. The molecular formula is C17H21ClN6. The van der Waals surface area contributed by atoms with Crippen LogP contribution in [0.1, 0.15) is 11.4 Å². The van der Waals surface area contributed by atoms with E-state index in [0.29, 0.717) is 11.0 Å². The number of halogens is 1. The van der Waals surface area contributed by atoms with Gasteiger partial charge in [-0.25, -0.2) is 14.6 Å². The van der Waals surface area contributed by atoms with E-state index in [1.165, 1.54) is 0 Å². The lowest BCUT2D eigenvalue weighted by Gasteiger charge is -2.11. The van der Waals surface area contributed by atoms with Gasteiger partial charge in [-0.1, -0.05) is 23.7 Å². The zero-order valence-electron chi connectivity index (χ0n) is 13.9. The lowest BCUT2D eigenvalue weighted by molar-refractivity contribution is 0.534. The molecule has 1 aliphatic rings. The molecule has 0 radical (unpaired) electrons. The molecule has 2 N–H and O–H groups in total. The van der Waals surface area contributed by atoms with Crippen molar-refractivity contribution in [3.63, 3.8) is 0 Å². The Hall–Kier alpha value is -2.02. The minimum absolute atomic E-state index is 0.361. The van der Waals surface area contributed by atoms with Crippen LogP contribution in [0.25, 0.3) is 16.9 Å². The summed E-state index contributed by atoms with van der Waals surface area (Å²) in [7, 11) is 0. The monoisotopic (exact) mass is 344 g/mol. The number of fused-ring (bicyclic) bond motifs is 1. The van der Waals surface area contributed by atoms with E-state index in [4.69, 9.17) is 11.6 Å². The molecule has 4 rings (SSSR count). The quantitative estimate of drug-likeness (QED) is 0.708. The third kappa shape index (κ3) is 3.90. The van der Waals surface area contributed by atoms with Gasteiger partial charge in [0.25, 0.3) is 0 Å². The van der Waals surface area contributed by atoms with Gasteiger partial charge < -0.3 is 10.6 Å². The number of rotatable bonds is 1. The predicted octanol–water partition coefficient (Wildman–Crippen LogP) is 2.26. The second kappa shape index (κ2) is 7.70. The first-order chi connectivity index (χ1) is 11.6. The number of aromatic nitrogens is 4. The van der Waals surface area contributed by atoms with E-state index in [2.05, 4.69) is 25.7 Å². The van der Waals surface area contributed by atoms with Crippen molar-refractivity contribution in [2.24, 2.45) is 0 Å². The van der Waals surface area contributed by atoms with Gasteiger partial charge in [-0.2, -0.15) is 5.10 Å². The van der Waals surface area contributed by atoms with E-state index in [-0.39, 0.29) is 0 Å². The normalized spacial score (nSPS) is 14.3. The molecule has 0 aliphatic carbocycles. The van der Waals surface area contributed by atoms with E-state index in [1.807, 2.05) is 44.2 Å². The topological polar surface area (TPSA) is 67.7 Å². The number of hydrogen-bond donors (Lipinski definition) is 2. The van der Waals surface area contributed by atoms with E-state index in [9.17, 15) is 0 Å². The molecular weight excluding hydrogens is 324 g/mol. The van der Waals surface area contributed by atoms with Crippen molar-refractivity contribution in [1.29, 1.82) is 0 Å². The number of piperazine rings is 1. The highest BCUT2D eigenvalue weighted by molar-refractivity contribution is 6.31. The molecule has 6 nitrogen and oxygen atoms in total. The molecule has 1 aromatic carbocycles. The summed E-state index contributed by atoms with van der Waals surface area (Å²) in [4.78, 5) is 8.87. The van der Waals surface area contributed by atoms with Crippen LogP contribution in [-0.4, -0.2) is 45.9 Å². The van der Waals surface area contributed by atoms with E-state index in [0.717, 1.165) is 48.6 Å². The second-order valence-corrected chi connectivity index (χ2v) is 6.02. The first-order valence-corrected chi connectivity index (χ1v) is 8.40. The van der Waals surface area contributed by atoms with E-state index >= 15 is 0 Å². The summed E-state index contributed by atoms with van der Waals surface area (Å²) in [6, 6.07) is 9.62. The van der Waals surface area contributed by atoms with Gasteiger partial charge in [-0.15, -0.1) is 0 Å². The lowest BCUT2D eigenvalue weighted by Crippen LogP contribution is -2.39. The van der Waals surface area contributed by atoms with Crippen molar-refractivity contribution >= 4 is 22.6 Å². The Morgan fingerprint density at radius 1 is 0.958 bits per heavy atom. The van der Waals surface area contributed by atoms with Crippen LogP contribution in [0.5, 0.6) is 0 Å². The number of nitrogens with zero attached hydrogens (tertiary/aromatic N) is 4. The maximum Gasteiger partial charge on any atom is 0.192 e. The molecule has 0 spiro atoms. The summed E-state index contributed by atoms with van der Waals surface area (Å²) in [6.45, 7) is 8.46. The van der Waals surface area contributed by atoms with Gasteiger partial charge in [0.2, 0.25) is 0 Å². The Balaban J connectivity index is 0.000000238. The first-order valence-electron chi connectivity index (χ1n) is 8.02. The van der Waals surface area contributed by atoms with Crippen molar-refractivity contribution < 1.29 is 0 Å². The third-order valence-corrected chi connectivity index (χ3v) is 3.93. The predicted molar refractivity (Wildman–Crippen MR) is 96.9 cm³/mol. The highest BCUT2D eigenvalue weighted by Crippen LogP contribution is 2.21. The molecule has 3 aromatic rings. The number of nitrogens with one attached hydrogen (secondary N) is 2. The molecule has 0 bridgehead atoms. The number of benzene rings is 1. The van der Waals surface area contributed by atoms with Crippen molar-refractivity contribution in [3.05, 3.63) is 46.9 Å². The Labute approximate surface area is 146 Å². The van der Waals surface area contributed by atoms with Crippen LogP contribution in [0.4, 0.5) is 0 Å². The molecule has 7 heteroatoms. The molecule has 0 atom stereocenters. The number of hydrogen-bond acceptors (Lipinski definition) is 5. The molecule has 3 heterocycles. The van der Waals surface area contributed by atoms with Gasteiger partial charge >= 0.3 is 0 Å². The molecule has 0 unspecified atom stereocenters. The first kappa shape index (κ1) is 16.8. The van der Waals surface area contributed by atoms with Crippen LogP contribution in [0, 0.1) is 13.8 Å². The number of para-hydroxylation sites is 2. The van der Waals surface area contributed by atoms with Crippen molar-refractivity contribution in [3.8, 4) is 5.82 Å². The summed E-state index contributed by atoms with van der Waals surface area (Å²) < 4.78 is 1.72. The van der Waals surface area contributed by atoms with Crippen molar-refractivity contribution in [2.75, 3.05) is 26.2 Å². The summed E-state index contributed by atoms with van der Waals surface area (Å²) >= 11 is 6.18. The fourth-order valence-electron chi connectivity index (χ4n) is 2.55. The standard InChI is InChI=1S/C13H11ClN4.C4H10N2/c1-8-7-9(2)18(17-8)13-12(14)15-10-5-3-4-6-11(10)16-13;1-2-6-4-3-5-1/h3-7H,1-2H3;5-6H,1-4H2. The molecule has 0 amide bonds. The highest BCUT2D eigenvalue weighted by atomic mass is 35.5. The molecule has 1 aliphatic heterocycles. The van der Waals surface area contributed by atoms with Crippen LogP contribution in [-0.2, 0) is 0 Å². The molecule has 1 fully saturated rings. The van der Waals surface area contributed by atoms with Crippen LogP contribution < -0.4 is 10.6 Å². The van der Waals surface area contributed by atoms with Gasteiger partial charge in [0.15, 0.2) is 11.0 Å². The largest absolute Gasteiger partial charge is 0.314 e. The third-order valence-electron chi connectivity index (χ3n) is 3.68. The summed E-state index contributed by atoms with van der Waals surface area (Å²) in [6.07, 6.45) is 0. The highest BCUT2D eigenvalue weighted by Gasteiger charge is 2.12. The Morgan fingerprint density at radius 3 is 2.04 bits per heavy atom. The fourth-order valence-corrected chi connectivity index (χ4v) is 2.76. The van der Waals surface area contributed by atoms with Gasteiger partial charge in [0.1, 0.15) is 0 Å². The maximum absolute atomic E-state index is 6.18. The van der Waals surface area contributed by atoms with E-state index < -0.39 is 0 Å². The SMILES string of the molecule is C1CNCCN1.Cc1cc(C)n(-c2nc3ccccc3nc2Cl)n1. The zero-order chi connectivity index (χ0) is 16.9. The Bertz CT molecular complexity index is 814. The molecule has 1 saturated heterocycles. The van der Waals surface area contributed by atoms with Gasteiger partial charge in [-0.3, -0.25) is 0 Å². The second-order valence-electron chi connectivity index (χ2n) is 5.67. The van der Waals surface area contributed by atoms with Gasteiger partial charge in [-0.05, 0) is 32.0 Å². The zero-order valence-corrected chi connectivity index (χ0v) is 14.6. The lowest BCUT2D eigenvalue weighted by atomic mass is 10.3. The smallest absolute Gasteiger partial charge is 0.192 e. The molecule has 2 aromatic heterocycles. The van der Waals surface area contributed by atoms with Gasteiger partial charge in [0.05, 0.1) is 16.7 Å². The Kier molecular flexibility index (Phi) is 5.40. The molecule has 126 valence electrons. The van der Waals surface area contributed by atoms with Gasteiger partial charge in [0, 0.05) is 31.9 Å². The summed E-state index contributed by atoms with van der Waals surface area (Å²) in [5.74, 6) is 0.570. The minimum Gasteiger partial charge on any atom is -0.314 e. The van der Waals surface area contributed by atoms with Crippen LogP contribution in [0.2, 0.25) is 5.15 Å². The van der Waals surface area contributed by atoms with Crippen molar-refractivity contribution in [1.82, 2.24) is 30.4 Å². The average Bonchev–Trinajstić information content (AvgIpc) is 2.94. The van der Waals surface area contributed by atoms with E-state index in [1.54, 1.807) is 4.68 Å². The maximum atomic E-state index is 6.18. The average molecular weight is 345 g/mol. The summed E-state index contributed by atoms with van der Waals surface area (Å²) in [5, 5.41) is 11.2.